The summed E-state index contributed by atoms with van der Waals surface area (Å²) in [6.45, 7) is 8.89. The molecule has 1 N–H and O–H groups in total. The molecule has 0 amide bonds. The summed E-state index contributed by atoms with van der Waals surface area (Å²) in [6, 6.07) is 4.30. The van der Waals surface area contributed by atoms with E-state index in [1.54, 1.807) is 0 Å². The zero-order chi connectivity index (χ0) is 13.7. The van der Waals surface area contributed by atoms with Crippen LogP contribution in [0.5, 0.6) is 0 Å². The lowest BCUT2D eigenvalue weighted by atomic mass is 10.0. The number of carbonyl (C=O) groups is 1. The molecule has 1 rings (SSSR count). The molecule has 0 aliphatic heterocycles. The van der Waals surface area contributed by atoms with Gasteiger partial charge in [-0.15, -0.1) is 0 Å². The van der Waals surface area contributed by atoms with Gasteiger partial charge in [0.15, 0.2) is 0 Å². The normalized spacial score (nSPS) is 12.1. The molecule has 1 aromatic carbocycles. The number of aryl methyl sites for hydroxylation is 3. The summed E-state index contributed by atoms with van der Waals surface area (Å²) in [5, 5.41) is 3.35. The average molecular weight is 249 g/mol. The number of anilines is 1. The third-order valence-electron chi connectivity index (χ3n) is 3.41. The second-order valence-electron chi connectivity index (χ2n) is 4.76. The first kappa shape index (κ1) is 14.6. The maximum atomic E-state index is 11.5. The Bertz CT molecular complexity index is 427. The molecule has 0 spiro atoms. The Labute approximate surface area is 110 Å². The van der Waals surface area contributed by atoms with E-state index in [0.29, 0.717) is 6.54 Å². The van der Waals surface area contributed by atoms with Crippen LogP contribution in [0.4, 0.5) is 5.69 Å². The molecular formula is C15H23NO2. The molecule has 18 heavy (non-hydrogen) atoms. The number of benzene rings is 1. The SMILES string of the molecule is CCC(CNc1cc(C)c(C)cc1C)C(=O)OC. The summed E-state index contributed by atoms with van der Waals surface area (Å²) in [5.41, 5.74) is 4.85. The van der Waals surface area contributed by atoms with Gasteiger partial charge < -0.3 is 10.1 Å². The molecule has 0 saturated carbocycles. The number of hydrogen-bond acceptors (Lipinski definition) is 3. The molecule has 0 aliphatic rings. The maximum absolute atomic E-state index is 11.5. The summed E-state index contributed by atoms with van der Waals surface area (Å²) in [4.78, 5) is 11.5. The first-order valence-corrected chi connectivity index (χ1v) is 6.39. The van der Waals surface area contributed by atoms with Crippen molar-refractivity contribution >= 4 is 11.7 Å². The van der Waals surface area contributed by atoms with Crippen LogP contribution in [0.3, 0.4) is 0 Å². The monoisotopic (exact) mass is 249 g/mol. The van der Waals surface area contributed by atoms with Gasteiger partial charge in [-0.05, 0) is 49.9 Å². The number of hydrogen-bond donors (Lipinski definition) is 1. The molecule has 1 unspecified atom stereocenters. The van der Waals surface area contributed by atoms with Crippen molar-refractivity contribution in [2.75, 3.05) is 19.0 Å². The van der Waals surface area contributed by atoms with E-state index in [4.69, 9.17) is 4.74 Å². The highest BCUT2D eigenvalue weighted by Crippen LogP contribution is 2.20. The van der Waals surface area contributed by atoms with E-state index in [-0.39, 0.29) is 11.9 Å². The quantitative estimate of drug-likeness (QED) is 0.814. The Morgan fingerprint density at radius 3 is 2.39 bits per heavy atom. The van der Waals surface area contributed by atoms with Gasteiger partial charge in [0.05, 0.1) is 13.0 Å². The van der Waals surface area contributed by atoms with Crippen LogP contribution in [0.15, 0.2) is 12.1 Å². The smallest absolute Gasteiger partial charge is 0.310 e. The molecule has 1 atom stereocenters. The van der Waals surface area contributed by atoms with Gasteiger partial charge in [0.25, 0.3) is 0 Å². The number of rotatable bonds is 5. The lowest BCUT2D eigenvalue weighted by Crippen LogP contribution is -2.24. The van der Waals surface area contributed by atoms with E-state index in [1.807, 2.05) is 6.92 Å². The van der Waals surface area contributed by atoms with Crippen molar-refractivity contribution in [3.63, 3.8) is 0 Å². The van der Waals surface area contributed by atoms with Crippen LogP contribution in [0.2, 0.25) is 0 Å². The Morgan fingerprint density at radius 1 is 1.22 bits per heavy atom. The second kappa shape index (κ2) is 6.43. The zero-order valence-electron chi connectivity index (χ0n) is 12.0. The van der Waals surface area contributed by atoms with E-state index in [9.17, 15) is 4.79 Å². The highest BCUT2D eigenvalue weighted by Gasteiger charge is 2.16. The molecule has 100 valence electrons. The van der Waals surface area contributed by atoms with Crippen molar-refractivity contribution in [2.24, 2.45) is 5.92 Å². The molecule has 0 aliphatic carbocycles. The van der Waals surface area contributed by atoms with Gasteiger partial charge in [0, 0.05) is 12.2 Å². The van der Waals surface area contributed by atoms with Crippen molar-refractivity contribution in [3.05, 3.63) is 28.8 Å². The molecular weight excluding hydrogens is 226 g/mol. The van der Waals surface area contributed by atoms with Crippen LogP contribution in [0.1, 0.15) is 30.0 Å². The van der Waals surface area contributed by atoms with Gasteiger partial charge in [0.1, 0.15) is 0 Å². The van der Waals surface area contributed by atoms with E-state index < -0.39 is 0 Å². The molecule has 1 aromatic rings. The van der Waals surface area contributed by atoms with Gasteiger partial charge >= 0.3 is 5.97 Å². The summed E-state index contributed by atoms with van der Waals surface area (Å²) < 4.78 is 4.79. The average Bonchev–Trinajstić information content (AvgIpc) is 2.35. The van der Waals surface area contributed by atoms with Crippen LogP contribution in [-0.2, 0) is 9.53 Å². The van der Waals surface area contributed by atoms with Crippen LogP contribution < -0.4 is 5.32 Å². The summed E-state index contributed by atoms with van der Waals surface area (Å²) in [7, 11) is 1.44. The Morgan fingerprint density at radius 2 is 1.83 bits per heavy atom. The standard InChI is InChI=1S/C15H23NO2/c1-6-13(15(17)18-5)9-16-14-8-11(3)10(2)7-12(14)4/h7-8,13,16H,6,9H2,1-5H3. The van der Waals surface area contributed by atoms with Crippen molar-refractivity contribution in [1.82, 2.24) is 0 Å². The van der Waals surface area contributed by atoms with Crippen LogP contribution >= 0.6 is 0 Å². The topological polar surface area (TPSA) is 38.3 Å². The second-order valence-corrected chi connectivity index (χ2v) is 4.76. The Balaban J connectivity index is 2.73. The highest BCUT2D eigenvalue weighted by molar-refractivity contribution is 5.73. The summed E-state index contributed by atoms with van der Waals surface area (Å²) in [6.07, 6.45) is 0.781. The van der Waals surface area contributed by atoms with Crippen LogP contribution in [0.25, 0.3) is 0 Å². The Kier molecular flexibility index (Phi) is 5.20. The van der Waals surface area contributed by atoms with Gasteiger partial charge in [-0.3, -0.25) is 4.79 Å². The van der Waals surface area contributed by atoms with Crippen molar-refractivity contribution in [1.29, 1.82) is 0 Å². The zero-order valence-corrected chi connectivity index (χ0v) is 12.0. The molecule has 3 heteroatoms. The summed E-state index contributed by atoms with van der Waals surface area (Å²) >= 11 is 0. The minimum absolute atomic E-state index is 0.0870. The fourth-order valence-corrected chi connectivity index (χ4v) is 1.95. The first-order valence-electron chi connectivity index (χ1n) is 6.39. The lowest BCUT2D eigenvalue weighted by molar-refractivity contribution is -0.145. The van der Waals surface area contributed by atoms with E-state index in [0.717, 1.165) is 12.1 Å². The third kappa shape index (κ3) is 3.49. The van der Waals surface area contributed by atoms with Gasteiger partial charge in [-0.2, -0.15) is 0 Å². The third-order valence-corrected chi connectivity index (χ3v) is 3.41. The number of esters is 1. The van der Waals surface area contributed by atoms with Crippen molar-refractivity contribution in [3.8, 4) is 0 Å². The number of carbonyl (C=O) groups excluding carboxylic acids is 1. The summed E-state index contributed by atoms with van der Waals surface area (Å²) in [5.74, 6) is -0.234. The van der Waals surface area contributed by atoms with E-state index >= 15 is 0 Å². The number of nitrogens with one attached hydrogen (secondary N) is 1. The molecule has 0 saturated heterocycles. The van der Waals surface area contributed by atoms with Crippen LogP contribution in [-0.4, -0.2) is 19.6 Å². The number of ether oxygens (including phenoxy) is 1. The van der Waals surface area contributed by atoms with Gasteiger partial charge in [-0.25, -0.2) is 0 Å². The maximum Gasteiger partial charge on any atom is 0.310 e. The lowest BCUT2D eigenvalue weighted by Gasteiger charge is -2.16. The van der Waals surface area contributed by atoms with Gasteiger partial charge in [-0.1, -0.05) is 13.0 Å². The molecule has 0 aromatic heterocycles. The van der Waals surface area contributed by atoms with Crippen molar-refractivity contribution in [2.45, 2.75) is 34.1 Å². The molecule has 3 nitrogen and oxygen atoms in total. The van der Waals surface area contributed by atoms with E-state index in [2.05, 4.69) is 38.2 Å². The van der Waals surface area contributed by atoms with E-state index in [1.165, 1.54) is 23.8 Å². The minimum atomic E-state index is -0.147. The fourth-order valence-electron chi connectivity index (χ4n) is 1.95. The highest BCUT2D eigenvalue weighted by atomic mass is 16.5. The molecule has 0 heterocycles. The number of methoxy groups -OCH3 is 1. The molecule has 0 bridgehead atoms. The predicted molar refractivity (Wildman–Crippen MR) is 74.9 cm³/mol. The molecule has 0 fully saturated rings. The van der Waals surface area contributed by atoms with Crippen molar-refractivity contribution < 1.29 is 9.53 Å². The predicted octanol–water partition coefficient (Wildman–Crippen LogP) is 3.22. The van der Waals surface area contributed by atoms with Crippen LogP contribution in [0, 0.1) is 26.7 Å². The Hall–Kier alpha value is -1.51. The minimum Gasteiger partial charge on any atom is -0.469 e. The first-order chi connectivity index (χ1) is 8.49. The fraction of sp³-hybridized carbons (Fsp3) is 0.533. The largest absolute Gasteiger partial charge is 0.469 e. The molecule has 0 radical (unpaired) electrons. The van der Waals surface area contributed by atoms with Gasteiger partial charge in [0.2, 0.25) is 0 Å².